The Bertz CT molecular complexity index is 1010. The second-order valence-electron chi connectivity index (χ2n) is 11.8. The fraction of sp³-hybridized carbons (Fsp3) is 0.724. The summed E-state index contributed by atoms with van der Waals surface area (Å²) in [4.78, 5) is 50.6. The summed E-state index contributed by atoms with van der Waals surface area (Å²) in [5.41, 5.74) is -1.61. The highest BCUT2D eigenvalue weighted by Crippen LogP contribution is 2.68. The minimum absolute atomic E-state index is 0.0159. The van der Waals surface area contributed by atoms with Gasteiger partial charge in [0.05, 0.1) is 6.10 Å². The van der Waals surface area contributed by atoms with Gasteiger partial charge in [0.15, 0.2) is 18.0 Å². The van der Waals surface area contributed by atoms with Crippen LogP contribution in [-0.4, -0.2) is 46.9 Å². The summed E-state index contributed by atoms with van der Waals surface area (Å²) in [6, 6.07) is 0. The molecule has 2 unspecified atom stereocenters. The van der Waals surface area contributed by atoms with Crippen molar-refractivity contribution >= 4 is 23.5 Å². The molecule has 0 aromatic rings. The van der Waals surface area contributed by atoms with Crippen LogP contribution in [0.25, 0.3) is 0 Å². The van der Waals surface area contributed by atoms with E-state index in [1.54, 1.807) is 19.1 Å². The molecule has 0 aromatic heterocycles. The Labute approximate surface area is 213 Å². The Kier molecular flexibility index (Phi) is 7.10. The predicted molar refractivity (Wildman–Crippen MR) is 133 cm³/mol. The van der Waals surface area contributed by atoms with Crippen molar-refractivity contribution in [3.63, 3.8) is 0 Å². The van der Waals surface area contributed by atoms with E-state index in [4.69, 9.17) is 9.47 Å². The molecule has 7 heteroatoms. The number of allylic oxidation sites excluding steroid dienone is 4. The van der Waals surface area contributed by atoms with Crippen molar-refractivity contribution in [1.82, 2.24) is 0 Å². The Hall–Kier alpha value is -2.28. The number of fused-ring (bicyclic) bond motifs is 5. The highest BCUT2D eigenvalue weighted by molar-refractivity contribution is 6.01. The third kappa shape index (κ3) is 3.98. The first-order valence-corrected chi connectivity index (χ1v) is 13.5. The molecule has 4 rings (SSSR count). The van der Waals surface area contributed by atoms with Gasteiger partial charge in [0.2, 0.25) is 5.78 Å². The highest BCUT2D eigenvalue weighted by Gasteiger charge is 2.70. The number of ketones is 2. The number of ether oxygens (including phenoxy) is 2. The van der Waals surface area contributed by atoms with Crippen LogP contribution < -0.4 is 0 Å². The Balaban J connectivity index is 1.73. The van der Waals surface area contributed by atoms with Crippen LogP contribution in [-0.2, 0) is 28.7 Å². The molecule has 36 heavy (non-hydrogen) atoms. The number of esters is 2. The van der Waals surface area contributed by atoms with Crippen LogP contribution in [0, 0.1) is 34.5 Å². The molecular weight excluding hydrogens is 460 g/mol. The minimum atomic E-state index is -1.44. The molecule has 0 heterocycles. The van der Waals surface area contributed by atoms with Gasteiger partial charge in [-0.1, -0.05) is 46.3 Å². The molecule has 0 amide bonds. The highest BCUT2D eigenvalue weighted by atomic mass is 16.6. The molecule has 0 aromatic carbocycles. The molecule has 0 aliphatic heterocycles. The second-order valence-corrected chi connectivity index (χ2v) is 11.8. The van der Waals surface area contributed by atoms with Crippen LogP contribution in [0.4, 0.5) is 0 Å². The Morgan fingerprint density at radius 3 is 2.56 bits per heavy atom. The van der Waals surface area contributed by atoms with E-state index >= 15 is 0 Å². The maximum Gasteiger partial charge on any atom is 0.306 e. The zero-order valence-corrected chi connectivity index (χ0v) is 22.2. The van der Waals surface area contributed by atoms with Crippen LogP contribution in [0.3, 0.4) is 0 Å². The van der Waals surface area contributed by atoms with Gasteiger partial charge in [0, 0.05) is 29.6 Å². The van der Waals surface area contributed by atoms with E-state index in [0.717, 1.165) is 12.0 Å². The van der Waals surface area contributed by atoms with Crippen molar-refractivity contribution < 1.29 is 33.8 Å². The summed E-state index contributed by atoms with van der Waals surface area (Å²) in [5.74, 6) is -1.15. The van der Waals surface area contributed by atoms with Crippen LogP contribution in [0.5, 0.6) is 0 Å². The number of hydrogen-bond donors (Lipinski definition) is 1. The number of carbonyl (C=O) groups excluding carboxylic acids is 4. The molecule has 0 saturated heterocycles. The van der Waals surface area contributed by atoms with Gasteiger partial charge in [-0.25, -0.2) is 0 Å². The Morgan fingerprint density at radius 2 is 1.89 bits per heavy atom. The predicted octanol–water partition coefficient (Wildman–Crippen LogP) is 4.12. The molecule has 3 fully saturated rings. The zero-order valence-electron chi connectivity index (χ0n) is 22.2. The SMILES string of the molecule is CCCC(=O)O[C@]1(C(=O)COC(=O)CC)CC[C@H]2[C@@H]3CC(C)C4=CC(=O)C=C[C@]4(C)[C@H]3C(O)C[C@@]21C. The molecule has 0 radical (unpaired) electrons. The molecular formula is C29H40O7. The maximum absolute atomic E-state index is 13.8. The van der Waals surface area contributed by atoms with Gasteiger partial charge < -0.3 is 14.6 Å². The van der Waals surface area contributed by atoms with E-state index in [0.29, 0.717) is 25.7 Å². The second kappa shape index (κ2) is 9.55. The minimum Gasteiger partial charge on any atom is -0.457 e. The third-order valence-electron chi connectivity index (χ3n) is 9.78. The molecule has 8 atom stereocenters. The summed E-state index contributed by atoms with van der Waals surface area (Å²) in [5, 5.41) is 11.7. The lowest BCUT2D eigenvalue weighted by molar-refractivity contribution is -0.202. The number of aliphatic hydroxyl groups is 1. The normalized spacial score (nSPS) is 41.0. The molecule has 7 nitrogen and oxygen atoms in total. The van der Waals surface area contributed by atoms with Crippen LogP contribution in [0.15, 0.2) is 23.8 Å². The van der Waals surface area contributed by atoms with E-state index in [1.165, 1.54) is 0 Å². The van der Waals surface area contributed by atoms with Gasteiger partial charge >= 0.3 is 11.9 Å². The number of carbonyl (C=O) groups is 4. The van der Waals surface area contributed by atoms with Gasteiger partial charge in [0.25, 0.3) is 0 Å². The van der Waals surface area contributed by atoms with Crippen LogP contribution in [0.2, 0.25) is 0 Å². The number of rotatable bonds is 7. The summed E-state index contributed by atoms with van der Waals surface area (Å²) in [6.07, 6.45) is 7.62. The van der Waals surface area contributed by atoms with Crippen molar-refractivity contribution in [3.8, 4) is 0 Å². The first-order valence-electron chi connectivity index (χ1n) is 13.5. The first kappa shape index (κ1) is 26.8. The maximum atomic E-state index is 13.8. The fourth-order valence-corrected chi connectivity index (χ4v) is 8.23. The molecule has 0 bridgehead atoms. The van der Waals surface area contributed by atoms with Gasteiger partial charge in [-0.05, 0) is 62.0 Å². The van der Waals surface area contributed by atoms with E-state index in [2.05, 4.69) is 13.8 Å². The molecule has 3 saturated carbocycles. The van der Waals surface area contributed by atoms with Crippen molar-refractivity contribution in [1.29, 1.82) is 0 Å². The lowest BCUT2D eigenvalue weighted by atomic mass is 9.44. The van der Waals surface area contributed by atoms with E-state index < -0.39 is 46.9 Å². The van der Waals surface area contributed by atoms with Crippen molar-refractivity contribution in [2.24, 2.45) is 34.5 Å². The first-order chi connectivity index (χ1) is 16.9. The van der Waals surface area contributed by atoms with E-state index in [-0.39, 0.29) is 42.3 Å². The number of Topliss-reactive ketones (excluding diaryl/α,β-unsaturated/α-hetero) is 1. The van der Waals surface area contributed by atoms with E-state index in [1.807, 2.05) is 19.9 Å². The van der Waals surface area contributed by atoms with Crippen molar-refractivity contribution in [2.75, 3.05) is 6.61 Å². The zero-order chi connectivity index (χ0) is 26.5. The van der Waals surface area contributed by atoms with Gasteiger partial charge in [-0.15, -0.1) is 0 Å². The van der Waals surface area contributed by atoms with Crippen molar-refractivity contribution in [2.45, 2.75) is 91.3 Å². The fourth-order valence-electron chi connectivity index (χ4n) is 8.23. The lowest BCUT2D eigenvalue weighted by Crippen LogP contribution is -2.63. The molecule has 1 N–H and O–H groups in total. The summed E-state index contributed by atoms with van der Waals surface area (Å²) >= 11 is 0. The molecule has 0 spiro atoms. The summed E-state index contributed by atoms with van der Waals surface area (Å²) in [7, 11) is 0. The summed E-state index contributed by atoms with van der Waals surface area (Å²) < 4.78 is 11.3. The van der Waals surface area contributed by atoms with Gasteiger partial charge in [-0.2, -0.15) is 0 Å². The monoisotopic (exact) mass is 500 g/mol. The molecule has 198 valence electrons. The molecule has 4 aliphatic carbocycles. The number of aliphatic hydroxyl groups excluding tert-OH is 1. The topological polar surface area (TPSA) is 107 Å². The van der Waals surface area contributed by atoms with Crippen molar-refractivity contribution in [3.05, 3.63) is 23.8 Å². The standard InChI is InChI=1S/C29H40O7/c1-6-8-25(34)36-29(23(32)16-35-24(33)7-2)12-10-20-19-13-17(3)21-14-18(30)9-11-27(21,4)26(19)22(31)15-28(20,29)5/h9,11,14,17,19-20,22,26,31H,6-8,10,12-13,15-16H2,1-5H3/t17?,19-,20-,22?,26+,27-,28-,29-/m0/s1. The smallest absolute Gasteiger partial charge is 0.306 e. The average Bonchev–Trinajstić information content (AvgIpc) is 3.10. The summed E-state index contributed by atoms with van der Waals surface area (Å²) in [6.45, 7) is 9.31. The average molecular weight is 501 g/mol. The quantitative estimate of drug-likeness (QED) is 0.524. The lowest BCUT2D eigenvalue weighted by Gasteiger charge is -2.61. The third-order valence-corrected chi connectivity index (χ3v) is 9.78. The van der Waals surface area contributed by atoms with Crippen LogP contribution in [0.1, 0.15) is 79.6 Å². The van der Waals surface area contributed by atoms with E-state index in [9.17, 15) is 24.3 Å². The molecule has 4 aliphatic rings. The Morgan fingerprint density at radius 1 is 1.17 bits per heavy atom. The van der Waals surface area contributed by atoms with Gasteiger partial charge in [-0.3, -0.25) is 19.2 Å². The number of hydrogen-bond acceptors (Lipinski definition) is 7. The van der Waals surface area contributed by atoms with Gasteiger partial charge in [0.1, 0.15) is 0 Å². The van der Waals surface area contributed by atoms with Crippen LogP contribution >= 0.6 is 0 Å². The largest absolute Gasteiger partial charge is 0.457 e.